The minimum Gasteiger partial charge on any atom is -0.481 e. The van der Waals surface area contributed by atoms with E-state index in [1.807, 2.05) is 0 Å². The number of hydrogen-bond acceptors (Lipinski definition) is 5. The summed E-state index contributed by atoms with van der Waals surface area (Å²) in [5.41, 5.74) is -1.01. The number of aromatic nitrogens is 2. The number of carboxylic acid groups (broad SMARTS) is 1. The molecule has 1 aromatic rings. The second-order valence-electron chi connectivity index (χ2n) is 4.33. The average molecular weight is 237 g/mol. The molecule has 0 aromatic carbocycles. The molecule has 92 valence electrons. The van der Waals surface area contributed by atoms with Crippen LogP contribution in [0.25, 0.3) is 0 Å². The normalized spacial score (nSPS) is 18.2. The number of nitrogens with zero attached hydrogens (tertiary/aromatic N) is 2. The molecule has 1 aliphatic rings. The summed E-state index contributed by atoms with van der Waals surface area (Å²) in [6.07, 6.45) is 3.36. The van der Waals surface area contributed by atoms with Gasteiger partial charge in [0, 0.05) is 12.3 Å². The lowest BCUT2D eigenvalue weighted by atomic mass is 9.96. The smallest absolute Gasteiger partial charge is 0.329 e. The molecule has 6 nitrogen and oxygen atoms in total. The zero-order chi connectivity index (χ0) is 12.5. The number of methoxy groups -OCH3 is 1. The first-order valence-electron chi connectivity index (χ1n) is 5.45. The standard InChI is InChI=1S/C11H15N3O3/c1-11(9(15)16,7-3-4-7)14-10-12-6-5-8(13-10)17-2/h5-7H,3-4H2,1-2H3,(H,15,16)(H,12,13,14). The molecule has 1 fully saturated rings. The van der Waals surface area contributed by atoms with Crippen LogP contribution in [-0.2, 0) is 4.79 Å². The van der Waals surface area contributed by atoms with Gasteiger partial charge in [-0.3, -0.25) is 0 Å². The van der Waals surface area contributed by atoms with Crippen molar-refractivity contribution in [1.29, 1.82) is 0 Å². The van der Waals surface area contributed by atoms with Crippen LogP contribution < -0.4 is 10.1 Å². The summed E-state index contributed by atoms with van der Waals surface area (Å²) >= 11 is 0. The largest absolute Gasteiger partial charge is 0.481 e. The highest BCUT2D eigenvalue weighted by atomic mass is 16.5. The quantitative estimate of drug-likeness (QED) is 0.799. The molecule has 1 unspecified atom stereocenters. The Bertz CT molecular complexity index is 434. The fraction of sp³-hybridized carbons (Fsp3) is 0.545. The monoisotopic (exact) mass is 237 g/mol. The van der Waals surface area contributed by atoms with Gasteiger partial charge in [-0.2, -0.15) is 4.98 Å². The van der Waals surface area contributed by atoms with Crippen LogP contribution in [0, 0.1) is 5.92 Å². The number of nitrogens with one attached hydrogen (secondary N) is 1. The number of aliphatic carboxylic acids is 1. The first-order chi connectivity index (χ1) is 8.06. The zero-order valence-electron chi connectivity index (χ0n) is 9.80. The van der Waals surface area contributed by atoms with Gasteiger partial charge in [0.15, 0.2) is 0 Å². The van der Waals surface area contributed by atoms with Crippen LogP contribution in [0.5, 0.6) is 5.88 Å². The molecule has 2 rings (SSSR count). The fourth-order valence-electron chi connectivity index (χ4n) is 1.74. The van der Waals surface area contributed by atoms with Crippen LogP contribution in [0.4, 0.5) is 5.95 Å². The Morgan fingerprint density at radius 2 is 2.35 bits per heavy atom. The van der Waals surface area contributed by atoms with Crippen LogP contribution in [0.1, 0.15) is 19.8 Å². The predicted molar refractivity (Wildman–Crippen MR) is 61.0 cm³/mol. The van der Waals surface area contributed by atoms with Gasteiger partial charge < -0.3 is 15.2 Å². The molecule has 0 amide bonds. The second kappa shape index (κ2) is 4.20. The van der Waals surface area contributed by atoms with Crippen LogP contribution in [0.15, 0.2) is 12.3 Å². The summed E-state index contributed by atoms with van der Waals surface area (Å²) in [5, 5.41) is 12.2. The maximum absolute atomic E-state index is 11.3. The number of carbonyl (C=O) groups is 1. The molecule has 1 heterocycles. The molecule has 0 radical (unpaired) electrons. The van der Waals surface area contributed by atoms with Gasteiger partial charge in [0.25, 0.3) is 0 Å². The molecule has 1 aromatic heterocycles. The number of anilines is 1. The van der Waals surface area contributed by atoms with E-state index in [0.717, 1.165) is 12.8 Å². The lowest BCUT2D eigenvalue weighted by Gasteiger charge is -2.25. The minimum atomic E-state index is -1.01. The van der Waals surface area contributed by atoms with Gasteiger partial charge in [-0.1, -0.05) is 0 Å². The van der Waals surface area contributed by atoms with Gasteiger partial charge in [-0.15, -0.1) is 0 Å². The van der Waals surface area contributed by atoms with Crippen molar-refractivity contribution in [2.75, 3.05) is 12.4 Å². The number of ether oxygens (including phenoxy) is 1. The molecule has 0 saturated heterocycles. The minimum absolute atomic E-state index is 0.134. The van der Waals surface area contributed by atoms with Crippen molar-refractivity contribution in [3.8, 4) is 5.88 Å². The van der Waals surface area contributed by atoms with Crippen LogP contribution >= 0.6 is 0 Å². The van der Waals surface area contributed by atoms with E-state index in [9.17, 15) is 9.90 Å². The third-order valence-corrected chi connectivity index (χ3v) is 3.05. The SMILES string of the molecule is COc1ccnc(NC(C)(C(=O)O)C2CC2)n1. The summed E-state index contributed by atoms with van der Waals surface area (Å²) in [4.78, 5) is 19.4. The Labute approximate surface area is 99.0 Å². The highest BCUT2D eigenvalue weighted by Crippen LogP contribution is 2.41. The third-order valence-electron chi connectivity index (χ3n) is 3.05. The summed E-state index contributed by atoms with van der Waals surface area (Å²) in [7, 11) is 1.50. The molecule has 1 saturated carbocycles. The Kier molecular flexibility index (Phi) is 2.87. The number of carboxylic acids is 1. The highest BCUT2D eigenvalue weighted by molar-refractivity contribution is 5.82. The first kappa shape index (κ1) is 11.6. The maximum atomic E-state index is 11.3. The average Bonchev–Trinajstić information content (AvgIpc) is 3.13. The van der Waals surface area contributed by atoms with Crippen molar-refractivity contribution in [1.82, 2.24) is 9.97 Å². The molecule has 2 N–H and O–H groups in total. The molecule has 17 heavy (non-hydrogen) atoms. The number of rotatable bonds is 5. The van der Waals surface area contributed by atoms with Crippen molar-refractivity contribution < 1.29 is 14.6 Å². The molecule has 6 heteroatoms. The van der Waals surface area contributed by atoms with Crippen molar-refractivity contribution in [3.63, 3.8) is 0 Å². The molecule has 1 atom stereocenters. The Morgan fingerprint density at radius 1 is 1.65 bits per heavy atom. The fourth-order valence-corrected chi connectivity index (χ4v) is 1.74. The summed E-state index contributed by atoms with van der Waals surface area (Å²) in [6, 6.07) is 1.61. The van der Waals surface area contributed by atoms with Crippen molar-refractivity contribution >= 4 is 11.9 Å². The Balaban J connectivity index is 2.20. The second-order valence-corrected chi connectivity index (χ2v) is 4.33. The van der Waals surface area contributed by atoms with Gasteiger partial charge in [-0.05, 0) is 25.7 Å². The highest BCUT2D eigenvalue weighted by Gasteiger charge is 2.48. The molecule has 0 aliphatic heterocycles. The molecule has 0 spiro atoms. The van der Waals surface area contributed by atoms with Crippen molar-refractivity contribution in [2.24, 2.45) is 5.92 Å². The van der Waals surface area contributed by atoms with Crippen LogP contribution in [0.2, 0.25) is 0 Å². The van der Waals surface area contributed by atoms with Gasteiger partial charge >= 0.3 is 5.97 Å². The summed E-state index contributed by atoms with van der Waals surface area (Å²) in [6.45, 7) is 1.66. The van der Waals surface area contributed by atoms with Gasteiger partial charge in [0.1, 0.15) is 5.54 Å². The lowest BCUT2D eigenvalue weighted by Crippen LogP contribution is -2.46. The van der Waals surface area contributed by atoms with Crippen LogP contribution in [0.3, 0.4) is 0 Å². The third kappa shape index (κ3) is 2.30. The molecule has 1 aliphatic carbocycles. The van der Waals surface area contributed by atoms with E-state index >= 15 is 0 Å². The summed E-state index contributed by atoms with van der Waals surface area (Å²) < 4.78 is 4.97. The van der Waals surface area contributed by atoms with E-state index in [1.54, 1.807) is 13.0 Å². The van der Waals surface area contributed by atoms with Gasteiger partial charge in [0.05, 0.1) is 7.11 Å². The Hall–Kier alpha value is -1.85. The van der Waals surface area contributed by atoms with E-state index in [4.69, 9.17) is 4.74 Å². The number of hydrogen-bond donors (Lipinski definition) is 2. The predicted octanol–water partition coefficient (Wildman–Crippen LogP) is 1.15. The maximum Gasteiger partial charge on any atom is 0.329 e. The van der Waals surface area contributed by atoms with E-state index in [1.165, 1.54) is 13.3 Å². The molecular weight excluding hydrogens is 222 g/mol. The topological polar surface area (TPSA) is 84.3 Å². The first-order valence-corrected chi connectivity index (χ1v) is 5.45. The molecular formula is C11H15N3O3. The van der Waals surface area contributed by atoms with Crippen molar-refractivity contribution in [3.05, 3.63) is 12.3 Å². The lowest BCUT2D eigenvalue weighted by molar-refractivity contribution is -0.142. The van der Waals surface area contributed by atoms with E-state index in [0.29, 0.717) is 5.88 Å². The van der Waals surface area contributed by atoms with E-state index in [2.05, 4.69) is 15.3 Å². The van der Waals surface area contributed by atoms with E-state index in [-0.39, 0.29) is 11.9 Å². The zero-order valence-corrected chi connectivity index (χ0v) is 9.80. The molecule has 0 bridgehead atoms. The Morgan fingerprint density at radius 3 is 2.88 bits per heavy atom. The van der Waals surface area contributed by atoms with Crippen LogP contribution in [-0.4, -0.2) is 33.7 Å². The van der Waals surface area contributed by atoms with Crippen molar-refractivity contribution in [2.45, 2.75) is 25.3 Å². The van der Waals surface area contributed by atoms with E-state index < -0.39 is 11.5 Å². The van der Waals surface area contributed by atoms with Gasteiger partial charge in [-0.25, -0.2) is 9.78 Å². The van der Waals surface area contributed by atoms with Gasteiger partial charge in [0.2, 0.25) is 11.8 Å². The summed E-state index contributed by atoms with van der Waals surface area (Å²) in [5.74, 6) is -0.0617.